The summed E-state index contributed by atoms with van der Waals surface area (Å²) in [7, 11) is 1.79. The summed E-state index contributed by atoms with van der Waals surface area (Å²) in [6, 6.07) is 2.85. The van der Waals surface area contributed by atoms with Crippen LogP contribution < -0.4 is 5.32 Å². The molecular formula is C15H24N2O2. The van der Waals surface area contributed by atoms with Crippen molar-refractivity contribution in [2.75, 3.05) is 26.8 Å². The van der Waals surface area contributed by atoms with Gasteiger partial charge in [0.25, 0.3) is 0 Å². The molecule has 1 unspecified atom stereocenters. The summed E-state index contributed by atoms with van der Waals surface area (Å²) >= 11 is 0. The van der Waals surface area contributed by atoms with Gasteiger partial charge in [-0.05, 0) is 37.8 Å². The van der Waals surface area contributed by atoms with Crippen molar-refractivity contribution in [3.8, 4) is 0 Å². The van der Waals surface area contributed by atoms with Gasteiger partial charge in [0.1, 0.15) is 5.76 Å². The lowest BCUT2D eigenvalue weighted by atomic mass is 10.1. The molecule has 0 bridgehead atoms. The molecule has 1 atom stereocenters. The van der Waals surface area contributed by atoms with Crippen LogP contribution in [0.3, 0.4) is 0 Å². The SMILES string of the molecule is COCC1CCN(Cc2ccoc2CNC2CC2)C1. The Morgan fingerprint density at radius 3 is 3.11 bits per heavy atom. The number of hydrogen-bond acceptors (Lipinski definition) is 4. The Balaban J connectivity index is 1.50. The molecule has 0 radical (unpaired) electrons. The third-order valence-electron chi connectivity index (χ3n) is 4.13. The van der Waals surface area contributed by atoms with Crippen LogP contribution in [0, 0.1) is 5.92 Å². The lowest BCUT2D eigenvalue weighted by Gasteiger charge is -2.15. The van der Waals surface area contributed by atoms with Crippen LogP contribution in [0.5, 0.6) is 0 Å². The summed E-state index contributed by atoms with van der Waals surface area (Å²) in [5.41, 5.74) is 1.34. The van der Waals surface area contributed by atoms with Crippen LogP contribution in [0.2, 0.25) is 0 Å². The summed E-state index contributed by atoms with van der Waals surface area (Å²) in [6.07, 6.45) is 5.71. The summed E-state index contributed by atoms with van der Waals surface area (Å²) in [4.78, 5) is 2.51. The quantitative estimate of drug-likeness (QED) is 0.817. The van der Waals surface area contributed by atoms with Gasteiger partial charge in [-0.15, -0.1) is 0 Å². The summed E-state index contributed by atoms with van der Waals surface area (Å²) in [5.74, 6) is 1.81. The number of nitrogens with one attached hydrogen (secondary N) is 1. The van der Waals surface area contributed by atoms with E-state index < -0.39 is 0 Å². The van der Waals surface area contributed by atoms with Gasteiger partial charge < -0.3 is 14.5 Å². The number of ether oxygens (including phenoxy) is 1. The number of likely N-dealkylation sites (tertiary alicyclic amines) is 1. The highest BCUT2D eigenvalue weighted by Gasteiger charge is 2.24. The molecular weight excluding hydrogens is 240 g/mol. The fourth-order valence-electron chi connectivity index (χ4n) is 2.86. The van der Waals surface area contributed by atoms with Crippen molar-refractivity contribution in [2.45, 2.75) is 38.4 Å². The largest absolute Gasteiger partial charge is 0.468 e. The standard InChI is InChI=1S/C15H24N2O2/c1-18-11-12-4-6-17(9-12)10-13-5-7-19-15(13)8-16-14-2-3-14/h5,7,12,14,16H,2-4,6,8-11H2,1H3. The predicted molar refractivity (Wildman–Crippen MR) is 73.8 cm³/mol. The van der Waals surface area contributed by atoms with Crippen molar-refractivity contribution in [1.82, 2.24) is 10.2 Å². The van der Waals surface area contributed by atoms with E-state index in [-0.39, 0.29) is 0 Å². The highest BCUT2D eigenvalue weighted by atomic mass is 16.5. The fourth-order valence-corrected chi connectivity index (χ4v) is 2.86. The van der Waals surface area contributed by atoms with Crippen molar-refractivity contribution in [1.29, 1.82) is 0 Å². The molecule has 2 aliphatic rings. The average Bonchev–Trinajstić information content (AvgIpc) is 2.97. The molecule has 3 rings (SSSR count). The molecule has 0 aromatic carbocycles. The highest BCUT2D eigenvalue weighted by molar-refractivity contribution is 5.17. The smallest absolute Gasteiger partial charge is 0.122 e. The second kappa shape index (κ2) is 6.07. The Morgan fingerprint density at radius 1 is 1.42 bits per heavy atom. The normalized spacial score (nSPS) is 24.2. The van der Waals surface area contributed by atoms with Gasteiger partial charge in [-0.3, -0.25) is 4.90 Å². The second-order valence-electron chi connectivity index (χ2n) is 5.87. The maximum atomic E-state index is 5.61. The Labute approximate surface area is 115 Å². The van der Waals surface area contributed by atoms with Gasteiger partial charge in [-0.2, -0.15) is 0 Å². The zero-order valence-electron chi connectivity index (χ0n) is 11.7. The molecule has 0 amide bonds. The van der Waals surface area contributed by atoms with Gasteiger partial charge in [-0.1, -0.05) is 0 Å². The molecule has 1 aliphatic heterocycles. The van der Waals surface area contributed by atoms with Gasteiger partial charge in [0, 0.05) is 31.8 Å². The predicted octanol–water partition coefficient (Wildman–Crippen LogP) is 2.00. The van der Waals surface area contributed by atoms with Crippen LogP contribution in [0.4, 0.5) is 0 Å². The minimum Gasteiger partial charge on any atom is -0.468 e. The lowest BCUT2D eigenvalue weighted by molar-refractivity contribution is 0.152. The van der Waals surface area contributed by atoms with E-state index in [4.69, 9.17) is 9.15 Å². The Kier molecular flexibility index (Phi) is 4.21. The Morgan fingerprint density at radius 2 is 2.32 bits per heavy atom. The van der Waals surface area contributed by atoms with Crippen LogP contribution in [0.1, 0.15) is 30.6 Å². The highest BCUT2D eigenvalue weighted by Crippen LogP contribution is 2.23. The molecule has 2 heterocycles. The van der Waals surface area contributed by atoms with Gasteiger partial charge in [0.05, 0.1) is 19.4 Å². The molecule has 2 fully saturated rings. The maximum absolute atomic E-state index is 5.61. The molecule has 19 heavy (non-hydrogen) atoms. The first-order valence-corrected chi connectivity index (χ1v) is 7.35. The molecule has 1 aromatic heterocycles. The van der Waals surface area contributed by atoms with Crippen molar-refractivity contribution in [3.63, 3.8) is 0 Å². The number of furan rings is 1. The van der Waals surface area contributed by atoms with E-state index in [2.05, 4.69) is 16.3 Å². The van der Waals surface area contributed by atoms with E-state index in [0.29, 0.717) is 5.92 Å². The first kappa shape index (κ1) is 13.2. The van der Waals surface area contributed by atoms with E-state index in [1.807, 2.05) is 6.26 Å². The van der Waals surface area contributed by atoms with E-state index in [1.165, 1.54) is 31.4 Å². The molecule has 0 spiro atoms. The van der Waals surface area contributed by atoms with Gasteiger partial charge in [-0.25, -0.2) is 0 Å². The van der Waals surface area contributed by atoms with Crippen LogP contribution in [-0.4, -0.2) is 37.7 Å². The molecule has 4 nitrogen and oxygen atoms in total. The first-order chi connectivity index (χ1) is 9.35. The van der Waals surface area contributed by atoms with E-state index in [1.54, 1.807) is 7.11 Å². The van der Waals surface area contributed by atoms with Crippen LogP contribution in [0.15, 0.2) is 16.7 Å². The van der Waals surface area contributed by atoms with E-state index >= 15 is 0 Å². The Hall–Kier alpha value is -0.840. The average molecular weight is 264 g/mol. The molecule has 1 aliphatic carbocycles. The van der Waals surface area contributed by atoms with Crippen molar-refractivity contribution in [3.05, 3.63) is 23.7 Å². The number of methoxy groups -OCH3 is 1. The third kappa shape index (κ3) is 3.59. The van der Waals surface area contributed by atoms with E-state index in [0.717, 1.165) is 38.0 Å². The Bertz CT molecular complexity index is 401. The summed E-state index contributed by atoms with van der Waals surface area (Å²) in [5, 5.41) is 3.52. The molecule has 106 valence electrons. The van der Waals surface area contributed by atoms with Crippen molar-refractivity contribution < 1.29 is 9.15 Å². The van der Waals surface area contributed by atoms with Crippen molar-refractivity contribution >= 4 is 0 Å². The summed E-state index contributed by atoms with van der Waals surface area (Å²) in [6.45, 7) is 5.10. The van der Waals surface area contributed by atoms with Gasteiger partial charge in [0.2, 0.25) is 0 Å². The molecule has 1 saturated carbocycles. The molecule has 1 N–H and O–H groups in total. The molecule has 1 saturated heterocycles. The van der Waals surface area contributed by atoms with Crippen LogP contribution >= 0.6 is 0 Å². The fraction of sp³-hybridized carbons (Fsp3) is 0.733. The van der Waals surface area contributed by atoms with Crippen LogP contribution in [0.25, 0.3) is 0 Å². The second-order valence-corrected chi connectivity index (χ2v) is 5.87. The van der Waals surface area contributed by atoms with Gasteiger partial charge in [0.15, 0.2) is 0 Å². The van der Waals surface area contributed by atoms with Crippen LogP contribution in [-0.2, 0) is 17.8 Å². The number of hydrogen-bond donors (Lipinski definition) is 1. The molecule has 1 aromatic rings. The first-order valence-electron chi connectivity index (χ1n) is 7.35. The van der Waals surface area contributed by atoms with Crippen molar-refractivity contribution in [2.24, 2.45) is 5.92 Å². The molecule has 4 heteroatoms. The minimum atomic E-state index is 0.699. The maximum Gasteiger partial charge on any atom is 0.122 e. The monoisotopic (exact) mass is 264 g/mol. The van der Waals surface area contributed by atoms with Gasteiger partial charge >= 0.3 is 0 Å². The minimum absolute atomic E-state index is 0.699. The zero-order chi connectivity index (χ0) is 13.1. The number of rotatable bonds is 7. The topological polar surface area (TPSA) is 37.6 Å². The third-order valence-corrected chi connectivity index (χ3v) is 4.13. The van der Waals surface area contributed by atoms with E-state index in [9.17, 15) is 0 Å². The lowest BCUT2D eigenvalue weighted by Crippen LogP contribution is -2.22. The zero-order valence-corrected chi connectivity index (χ0v) is 11.7. The summed E-state index contributed by atoms with van der Waals surface area (Å²) < 4.78 is 10.9. The number of nitrogens with zero attached hydrogens (tertiary/aromatic N) is 1.